The Morgan fingerprint density at radius 2 is 2.00 bits per heavy atom. The van der Waals surface area contributed by atoms with Gasteiger partial charge in [0.15, 0.2) is 0 Å². The number of nitrogens with one attached hydrogen (secondary N) is 1. The van der Waals surface area contributed by atoms with Gasteiger partial charge in [-0.2, -0.15) is 5.10 Å². The van der Waals surface area contributed by atoms with Crippen molar-refractivity contribution in [2.24, 2.45) is 0 Å². The third-order valence-electron chi connectivity index (χ3n) is 3.88. The summed E-state index contributed by atoms with van der Waals surface area (Å²) < 4.78 is 26.7. The number of aromatic nitrogens is 2. The Balaban J connectivity index is 1.97. The van der Waals surface area contributed by atoms with Gasteiger partial charge in [-0.05, 0) is 19.8 Å². The van der Waals surface area contributed by atoms with Crippen LogP contribution in [0.15, 0.2) is 0 Å². The van der Waals surface area contributed by atoms with E-state index in [0.29, 0.717) is 5.69 Å². The van der Waals surface area contributed by atoms with Gasteiger partial charge in [0.25, 0.3) is 6.43 Å². The van der Waals surface area contributed by atoms with Gasteiger partial charge in [0.1, 0.15) is 12.2 Å². The van der Waals surface area contributed by atoms with Gasteiger partial charge in [-0.15, -0.1) is 0 Å². The summed E-state index contributed by atoms with van der Waals surface area (Å²) in [7, 11) is 0. The summed E-state index contributed by atoms with van der Waals surface area (Å²) in [6.45, 7) is 1.51. The van der Waals surface area contributed by atoms with Crippen molar-refractivity contribution in [1.29, 1.82) is 0 Å². The fourth-order valence-electron chi connectivity index (χ4n) is 2.67. The summed E-state index contributed by atoms with van der Waals surface area (Å²) in [6, 6.07) is 0.181. The molecule has 21 heavy (non-hydrogen) atoms. The van der Waals surface area contributed by atoms with Crippen LogP contribution >= 0.6 is 11.6 Å². The lowest BCUT2D eigenvalue weighted by Crippen LogP contribution is -2.37. The van der Waals surface area contributed by atoms with Gasteiger partial charge in [0, 0.05) is 6.04 Å². The predicted molar refractivity (Wildman–Crippen MR) is 76.6 cm³/mol. The molecule has 1 amide bonds. The maximum atomic E-state index is 12.7. The van der Waals surface area contributed by atoms with Crippen molar-refractivity contribution in [3.05, 3.63) is 16.4 Å². The van der Waals surface area contributed by atoms with Crippen molar-refractivity contribution in [3.8, 4) is 0 Å². The highest BCUT2D eigenvalue weighted by Gasteiger charge is 2.22. The van der Waals surface area contributed by atoms with Crippen molar-refractivity contribution in [2.75, 3.05) is 0 Å². The first-order valence-corrected chi connectivity index (χ1v) is 7.67. The number of rotatable bonds is 4. The molecular weight excluding hydrogens is 300 g/mol. The van der Waals surface area contributed by atoms with Gasteiger partial charge in [-0.3, -0.25) is 9.48 Å². The molecule has 1 aliphatic carbocycles. The zero-order valence-electron chi connectivity index (χ0n) is 12.0. The lowest BCUT2D eigenvalue weighted by atomic mass is 10.1. The van der Waals surface area contributed by atoms with E-state index in [9.17, 15) is 13.6 Å². The van der Waals surface area contributed by atoms with Gasteiger partial charge < -0.3 is 5.32 Å². The number of hydrogen-bond donors (Lipinski definition) is 1. The molecule has 1 aromatic heterocycles. The van der Waals surface area contributed by atoms with E-state index < -0.39 is 12.1 Å². The van der Waals surface area contributed by atoms with Crippen LogP contribution in [0, 0.1) is 6.92 Å². The molecule has 2 rings (SSSR count). The first kappa shape index (κ1) is 16.2. The minimum Gasteiger partial charge on any atom is -0.352 e. The van der Waals surface area contributed by atoms with Crippen molar-refractivity contribution < 1.29 is 13.6 Å². The van der Waals surface area contributed by atoms with Crippen LogP contribution in [-0.2, 0) is 11.3 Å². The molecule has 0 saturated heterocycles. The second-order valence-electron chi connectivity index (χ2n) is 5.50. The van der Waals surface area contributed by atoms with Crippen molar-refractivity contribution in [3.63, 3.8) is 0 Å². The SMILES string of the molecule is Cc1c(Cl)c(C(F)F)nn1CC(=O)NC1CCCCCC1. The molecule has 1 saturated carbocycles. The van der Waals surface area contributed by atoms with Gasteiger partial charge in [0.2, 0.25) is 5.91 Å². The maximum Gasteiger partial charge on any atom is 0.283 e. The number of amides is 1. The molecule has 0 unspecified atom stereocenters. The van der Waals surface area contributed by atoms with E-state index in [1.54, 1.807) is 6.92 Å². The summed E-state index contributed by atoms with van der Waals surface area (Å²) in [5.74, 6) is -0.204. The second-order valence-corrected chi connectivity index (χ2v) is 5.88. The molecule has 0 aliphatic heterocycles. The number of hydrogen-bond acceptors (Lipinski definition) is 2. The molecular formula is C14H20ClF2N3O. The fourth-order valence-corrected chi connectivity index (χ4v) is 2.89. The number of nitrogens with zero attached hydrogens (tertiary/aromatic N) is 2. The van der Waals surface area contributed by atoms with Crippen molar-refractivity contribution in [1.82, 2.24) is 15.1 Å². The van der Waals surface area contributed by atoms with Gasteiger partial charge in [-0.1, -0.05) is 37.3 Å². The third kappa shape index (κ3) is 4.15. The maximum absolute atomic E-state index is 12.7. The molecule has 1 aliphatic rings. The highest BCUT2D eigenvalue weighted by molar-refractivity contribution is 6.31. The standard InChI is InChI=1S/C14H20ClF2N3O/c1-9-12(15)13(14(16)17)19-20(9)8-11(21)18-10-6-4-2-3-5-7-10/h10,14H,2-8H2,1H3,(H,18,21). The monoisotopic (exact) mass is 319 g/mol. The Kier molecular flexibility index (Phi) is 5.56. The minimum absolute atomic E-state index is 0.0627. The average Bonchev–Trinajstić information content (AvgIpc) is 2.62. The van der Waals surface area contributed by atoms with Crippen molar-refractivity contribution in [2.45, 2.75) is 64.5 Å². The normalized spacial score (nSPS) is 17.0. The molecule has 1 heterocycles. The van der Waals surface area contributed by atoms with E-state index in [2.05, 4.69) is 10.4 Å². The summed E-state index contributed by atoms with van der Waals surface area (Å²) in [5, 5.41) is 6.63. The Morgan fingerprint density at radius 1 is 1.38 bits per heavy atom. The lowest BCUT2D eigenvalue weighted by molar-refractivity contribution is -0.122. The largest absolute Gasteiger partial charge is 0.352 e. The molecule has 1 aromatic rings. The zero-order chi connectivity index (χ0) is 15.4. The molecule has 0 aromatic carbocycles. The highest BCUT2D eigenvalue weighted by Crippen LogP contribution is 2.28. The summed E-state index contributed by atoms with van der Waals surface area (Å²) in [4.78, 5) is 12.0. The van der Waals surface area contributed by atoms with E-state index in [1.165, 1.54) is 17.5 Å². The number of carbonyl (C=O) groups excluding carboxylic acids is 1. The van der Waals surface area contributed by atoms with Gasteiger partial charge in [0.05, 0.1) is 10.7 Å². The van der Waals surface area contributed by atoms with E-state index >= 15 is 0 Å². The molecule has 0 radical (unpaired) electrons. The van der Waals surface area contributed by atoms with Crippen LogP contribution in [0.4, 0.5) is 8.78 Å². The molecule has 4 nitrogen and oxygen atoms in total. The lowest BCUT2D eigenvalue weighted by Gasteiger charge is -2.16. The van der Waals surface area contributed by atoms with Gasteiger partial charge >= 0.3 is 0 Å². The molecule has 1 fully saturated rings. The topological polar surface area (TPSA) is 46.9 Å². The first-order chi connectivity index (χ1) is 9.99. The van der Waals surface area contributed by atoms with Crippen LogP contribution in [0.25, 0.3) is 0 Å². The van der Waals surface area contributed by atoms with Crippen LogP contribution in [-0.4, -0.2) is 21.7 Å². The number of carbonyl (C=O) groups is 1. The van der Waals surface area contributed by atoms with Crippen LogP contribution < -0.4 is 5.32 Å². The fraction of sp³-hybridized carbons (Fsp3) is 0.714. The third-order valence-corrected chi connectivity index (χ3v) is 4.35. The van der Waals surface area contributed by atoms with Crippen LogP contribution in [0.3, 0.4) is 0 Å². The zero-order valence-corrected chi connectivity index (χ0v) is 12.8. The highest BCUT2D eigenvalue weighted by atomic mass is 35.5. The first-order valence-electron chi connectivity index (χ1n) is 7.29. The minimum atomic E-state index is -2.73. The average molecular weight is 320 g/mol. The Bertz CT molecular complexity index is 497. The summed E-state index contributed by atoms with van der Waals surface area (Å²) in [6.07, 6.45) is 3.87. The van der Waals surface area contributed by atoms with Gasteiger partial charge in [-0.25, -0.2) is 8.78 Å². The van der Waals surface area contributed by atoms with Crippen molar-refractivity contribution >= 4 is 17.5 Å². The molecule has 7 heteroatoms. The second kappa shape index (κ2) is 7.20. The Hall–Kier alpha value is -1.17. The molecule has 118 valence electrons. The van der Waals surface area contributed by atoms with Crippen LogP contribution in [0.2, 0.25) is 5.02 Å². The smallest absolute Gasteiger partial charge is 0.283 e. The Morgan fingerprint density at radius 3 is 2.52 bits per heavy atom. The van der Waals surface area contributed by atoms with Crippen LogP contribution in [0.1, 0.15) is 56.3 Å². The van der Waals surface area contributed by atoms with E-state index in [4.69, 9.17) is 11.6 Å². The van der Waals surface area contributed by atoms with Crippen LogP contribution in [0.5, 0.6) is 0 Å². The summed E-state index contributed by atoms with van der Waals surface area (Å²) >= 11 is 5.81. The predicted octanol–water partition coefficient (Wildman–Crippen LogP) is 3.62. The van der Waals surface area contributed by atoms with E-state index in [-0.39, 0.29) is 23.5 Å². The Labute approximate surface area is 127 Å². The summed E-state index contributed by atoms with van der Waals surface area (Å²) in [5.41, 5.74) is -0.0700. The molecule has 0 spiro atoms. The number of alkyl halides is 2. The van der Waals surface area contributed by atoms with E-state index in [0.717, 1.165) is 25.7 Å². The molecule has 1 N–H and O–H groups in total. The quantitative estimate of drug-likeness (QED) is 0.862. The van der Waals surface area contributed by atoms with E-state index in [1.807, 2.05) is 0 Å². The molecule has 0 bridgehead atoms. The number of halogens is 3. The molecule has 0 atom stereocenters.